The molecule has 1 amide bonds. The van der Waals surface area contributed by atoms with Gasteiger partial charge in [0, 0.05) is 11.8 Å². The summed E-state index contributed by atoms with van der Waals surface area (Å²) in [4.78, 5) is 19.4. The number of aryl methyl sites for hydroxylation is 1. The van der Waals surface area contributed by atoms with Crippen LogP contribution in [0.3, 0.4) is 0 Å². The Morgan fingerprint density at radius 3 is 2.89 bits per heavy atom. The van der Waals surface area contributed by atoms with E-state index in [0.29, 0.717) is 5.56 Å². The van der Waals surface area contributed by atoms with Crippen LogP contribution in [-0.4, -0.2) is 15.9 Å². The zero-order valence-electron chi connectivity index (χ0n) is 9.45. The van der Waals surface area contributed by atoms with Crippen LogP contribution in [0.2, 0.25) is 5.28 Å². The van der Waals surface area contributed by atoms with Crippen molar-refractivity contribution in [2.75, 3.05) is 5.32 Å². The molecule has 4 nitrogen and oxygen atoms in total. The summed E-state index contributed by atoms with van der Waals surface area (Å²) >= 11 is 5.60. The van der Waals surface area contributed by atoms with Gasteiger partial charge in [-0.3, -0.25) is 4.79 Å². The summed E-state index contributed by atoms with van der Waals surface area (Å²) in [6.07, 6.45) is 1.42. The van der Waals surface area contributed by atoms with Crippen LogP contribution in [0, 0.1) is 12.7 Å². The topological polar surface area (TPSA) is 54.9 Å². The molecule has 1 aromatic heterocycles. The van der Waals surface area contributed by atoms with Crippen LogP contribution in [0.15, 0.2) is 30.5 Å². The Balaban J connectivity index is 2.24. The molecule has 18 heavy (non-hydrogen) atoms. The minimum atomic E-state index is -0.466. The van der Waals surface area contributed by atoms with Gasteiger partial charge in [0.15, 0.2) is 0 Å². The van der Waals surface area contributed by atoms with Crippen LogP contribution >= 0.6 is 11.6 Å². The molecule has 0 saturated heterocycles. The van der Waals surface area contributed by atoms with Crippen molar-refractivity contribution in [2.24, 2.45) is 0 Å². The Morgan fingerprint density at radius 2 is 2.17 bits per heavy atom. The second-order valence-corrected chi connectivity index (χ2v) is 3.96. The van der Waals surface area contributed by atoms with Crippen molar-refractivity contribution >= 4 is 23.3 Å². The maximum absolute atomic E-state index is 13.1. The third-order valence-corrected chi connectivity index (χ3v) is 2.49. The number of carbonyl (C=O) groups excluding carboxylic acids is 1. The molecule has 6 heteroatoms. The van der Waals surface area contributed by atoms with Crippen molar-refractivity contribution in [3.63, 3.8) is 0 Å². The molecule has 1 aromatic carbocycles. The van der Waals surface area contributed by atoms with Gasteiger partial charge in [-0.15, -0.1) is 0 Å². The number of hydrogen-bond donors (Lipinski definition) is 1. The van der Waals surface area contributed by atoms with Gasteiger partial charge in [-0.2, -0.15) is 0 Å². The average molecular weight is 266 g/mol. The Bertz CT molecular complexity index is 604. The normalized spacial score (nSPS) is 10.2. The summed E-state index contributed by atoms with van der Waals surface area (Å²) in [5.74, 6) is -0.642. The standard InChI is InChI=1S/C12H9ClFN3O/c1-7-2-3-8(14)6-9(7)11(18)16-10-4-5-15-12(13)17-10/h2-6H,1H3,(H,15,16,17,18). The molecule has 1 heterocycles. The van der Waals surface area contributed by atoms with Crippen molar-refractivity contribution in [1.29, 1.82) is 0 Å². The molecule has 0 unspecified atom stereocenters. The van der Waals surface area contributed by atoms with E-state index in [1.54, 1.807) is 6.92 Å². The first-order valence-corrected chi connectivity index (χ1v) is 5.50. The summed E-state index contributed by atoms with van der Waals surface area (Å²) in [5.41, 5.74) is 0.929. The highest BCUT2D eigenvalue weighted by molar-refractivity contribution is 6.28. The number of nitrogens with one attached hydrogen (secondary N) is 1. The monoisotopic (exact) mass is 265 g/mol. The second-order valence-electron chi connectivity index (χ2n) is 3.62. The van der Waals surface area contributed by atoms with Crippen LogP contribution in [-0.2, 0) is 0 Å². The largest absolute Gasteiger partial charge is 0.306 e. The first-order chi connectivity index (χ1) is 8.56. The van der Waals surface area contributed by atoms with Crippen molar-refractivity contribution in [2.45, 2.75) is 6.92 Å². The van der Waals surface area contributed by atoms with E-state index < -0.39 is 11.7 Å². The van der Waals surface area contributed by atoms with Crippen LogP contribution in [0.5, 0.6) is 0 Å². The number of amides is 1. The molecular formula is C12H9ClFN3O. The number of carbonyl (C=O) groups is 1. The molecule has 0 atom stereocenters. The van der Waals surface area contributed by atoms with E-state index in [4.69, 9.17) is 11.6 Å². The summed E-state index contributed by atoms with van der Waals surface area (Å²) in [6.45, 7) is 1.72. The van der Waals surface area contributed by atoms with E-state index in [2.05, 4.69) is 15.3 Å². The lowest BCUT2D eigenvalue weighted by Gasteiger charge is -2.07. The summed E-state index contributed by atoms with van der Waals surface area (Å²) < 4.78 is 13.1. The molecule has 0 bridgehead atoms. The predicted molar refractivity (Wildman–Crippen MR) is 66.1 cm³/mol. The minimum Gasteiger partial charge on any atom is -0.306 e. The smallest absolute Gasteiger partial charge is 0.257 e. The maximum atomic E-state index is 13.1. The molecule has 2 aromatic rings. The van der Waals surface area contributed by atoms with E-state index in [0.717, 1.165) is 0 Å². The van der Waals surface area contributed by atoms with Crippen LogP contribution in [0.4, 0.5) is 10.2 Å². The lowest BCUT2D eigenvalue weighted by atomic mass is 10.1. The van der Waals surface area contributed by atoms with Crippen molar-refractivity contribution < 1.29 is 9.18 Å². The van der Waals surface area contributed by atoms with Crippen molar-refractivity contribution in [1.82, 2.24) is 9.97 Å². The Morgan fingerprint density at radius 1 is 1.39 bits per heavy atom. The number of aromatic nitrogens is 2. The minimum absolute atomic E-state index is 0.0313. The zero-order chi connectivity index (χ0) is 13.1. The number of halogens is 2. The van der Waals surface area contributed by atoms with E-state index in [-0.39, 0.29) is 16.7 Å². The third kappa shape index (κ3) is 2.81. The highest BCUT2D eigenvalue weighted by Gasteiger charge is 2.11. The van der Waals surface area contributed by atoms with Gasteiger partial charge in [0.05, 0.1) is 0 Å². The average Bonchev–Trinajstić information content (AvgIpc) is 2.32. The second kappa shape index (κ2) is 5.10. The van der Waals surface area contributed by atoms with Crippen LogP contribution < -0.4 is 5.32 Å². The van der Waals surface area contributed by atoms with E-state index >= 15 is 0 Å². The van der Waals surface area contributed by atoms with E-state index in [1.165, 1.54) is 30.5 Å². The zero-order valence-corrected chi connectivity index (χ0v) is 10.2. The van der Waals surface area contributed by atoms with Gasteiger partial charge in [0.25, 0.3) is 5.91 Å². The molecule has 0 spiro atoms. The number of rotatable bonds is 2. The SMILES string of the molecule is Cc1ccc(F)cc1C(=O)Nc1ccnc(Cl)n1. The Hall–Kier alpha value is -2.01. The Kier molecular flexibility index (Phi) is 3.53. The van der Waals surface area contributed by atoms with Gasteiger partial charge in [-0.05, 0) is 42.3 Å². The molecule has 2 rings (SSSR count). The summed E-state index contributed by atoms with van der Waals surface area (Å²) in [5, 5.41) is 2.56. The molecule has 0 fully saturated rings. The molecule has 0 aliphatic carbocycles. The highest BCUT2D eigenvalue weighted by atomic mass is 35.5. The van der Waals surface area contributed by atoms with Crippen molar-refractivity contribution in [3.05, 3.63) is 52.7 Å². The Labute approximate surface area is 108 Å². The van der Waals surface area contributed by atoms with Crippen LogP contribution in [0.25, 0.3) is 0 Å². The van der Waals surface area contributed by atoms with Crippen molar-refractivity contribution in [3.8, 4) is 0 Å². The number of anilines is 1. The number of benzene rings is 1. The molecule has 1 N–H and O–H groups in total. The number of nitrogens with zero attached hydrogens (tertiary/aromatic N) is 2. The van der Waals surface area contributed by atoms with Gasteiger partial charge in [-0.1, -0.05) is 6.07 Å². The first-order valence-electron chi connectivity index (χ1n) is 5.12. The van der Waals surface area contributed by atoms with Gasteiger partial charge in [0.2, 0.25) is 5.28 Å². The fourth-order valence-corrected chi connectivity index (χ4v) is 1.57. The molecular weight excluding hydrogens is 257 g/mol. The predicted octanol–water partition coefficient (Wildman–Crippen LogP) is 2.83. The van der Waals surface area contributed by atoms with Gasteiger partial charge >= 0.3 is 0 Å². The summed E-state index contributed by atoms with van der Waals surface area (Å²) in [7, 11) is 0. The van der Waals surface area contributed by atoms with E-state index in [1.807, 2.05) is 0 Å². The fourth-order valence-electron chi connectivity index (χ4n) is 1.43. The summed E-state index contributed by atoms with van der Waals surface area (Å²) in [6, 6.07) is 5.51. The highest BCUT2D eigenvalue weighted by Crippen LogP contribution is 2.13. The fraction of sp³-hybridized carbons (Fsp3) is 0.0833. The molecule has 0 aliphatic heterocycles. The van der Waals surface area contributed by atoms with Gasteiger partial charge in [0.1, 0.15) is 11.6 Å². The molecule has 92 valence electrons. The van der Waals surface area contributed by atoms with Gasteiger partial charge < -0.3 is 5.32 Å². The number of hydrogen-bond acceptors (Lipinski definition) is 3. The van der Waals surface area contributed by atoms with Crippen LogP contribution in [0.1, 0.15) is 15.9 Å². The maximum Gasteiger partial charge on any atom is 0.257 e. The molecule has 0 saturated carbocycles. The molecule has 0 aliphatic rings. The first kappa shape index (κ1) is 12.4. The molecule has 0 radical (unpaired) electrons. The lowest BCUT2D eigenvalue weighted by molar-refractivity contribution is 0.102. The van der Waals surface area contributed by atoms with E-state index in [9.17, 15) is 9.18 Å². The third-order valence-electron chi connectivity index (χ3n) is 2.31. The van der Waals surface area contributed by atoms with Gasteiger partial charge in [-0.25, -0.2) is 14.4 Å². The quantitative estimate of drug-likeness (QED) is 0.850. The lowest BCUT2D eigenvalue weighted by Crippen LogP contribution is -2.14.